The number of terminal acetylenes is 1. The highest BCUT2D eigenvalue weighted by Gasteiger charge is 1.99. The molecule has 15 heavy (non-hydrogen) atoms. The molecule has 0 aliphatic rings. The molecule has 0 aromatic rings. The van der Waals surface area contributed by atoms with Crippen molar-refractivity contribution in [2.45, 2.75) is 65.3 Å². The van der Waals surface area contributed by atoms with Crippen LogP contribution in [0.2, 0.25) is 0 Å². The SMILES string of the molecule is C#CC(CC)NCCCCCCC(C)C. The molecular weight excluding hydrogens is 182 g/mol. The highest BCUT2D eigenvalue weighted by Crippen LogP contribution is 2.08. The second-order valence-electron chi connectivity index (χ2n) is 4.68. The van der Waals surface area contributed by atoms with E-state index in [1.807, 2.05) is 0 Å². The Kier molecular flexibility index (Phi) is 9.73. The van der Waals surface area contributed by atoms with Crippen LogP contribution in [0.4, 0.5) is 0 Å². The van der Waals surface area contributed by atoms with Crippen molar-refractivity contribution in [1.82, 2.24) is 5.32 Å². The van der Waals surface area contributed by atoms with Crippen LogP contribution >= 0.6 is 0 Å². The predicted octanol–water partition coefficient (Wildman–Crippen LogP) is 3.59. The summed E-state index contributed by atoms with van der Waals surface area (Å²) in [4.78, 5) is 0. The maximum Gasteiger partial charge on any atom is 0.0684 e. The van der Waals surface area contributed by atoms with Gasteiger partial charge in [-0.25, -0.2) is 0 Å². The first-order chi connectivity index (χ1) is 7.20. The fourth-order valence-corrected chi connectivity index (χ4v) is 1.63. The summed E-state index contributed by atoms with van der Waals surface area (Å²) < 4.78 is 0. The topological polar surface area (TPSA) is 12.0 Å². The lowest BCUT2D eigenvalue weighted by Crippen LogP contribution is -2.27. The molecule has 0 fully saturated rings. The fraction of sp³-hybridized carbons (Fsp3) is 0.857. The van der Waals surface area contributed by atoms with Crippen LogP contribution in [0, 0.1) is 18.3 Å². The molecule has 0 aliphatic heterocycles. The normalized spacial score (nSPS) is 12.7. The molecule has 0 saturated carbocycles. The molecule has 0 aliphatic carbocycles. The summed E-state index contributed by atoms with van der Waals surface area (Å²) in [7, 11) is 0. The monoisotopic (exact) mass is 209 g/mol. The number of rotatable bonds is 9. The van der Waals surface area contributed by atoms with E-state index in [9.17, 15) is 0 Å². The molecule has 0 saturated heterocycles. The zero-order valence-electron chi connectivity index (χ0n) is 10.7. The van der Waals surface area contributed by atoms with Crippen LogP contribution < -0.4 is 5.32 Å². The van der Waals surface area contributed by atoms with Crippen LogP contribution in [0.1, 0.15) is 59.3 Å². The van der Waals surface area contributed by atoms with E-state index in [0.29, 0.717) is 0 Å². The number of hydrogen-bond donors (Lipinski definition) is 1. The second-order valence-corrected chi connectivity index (χ2v) is 4.68. The number of hydrogen-bond acceptors (Lipinski definition) is 1. The van der Waals surface area contributed by atoms with E-state index in [1.165, 1.54) is 32.1 Å². The minimum absolute atomic E-state index is 0.278. The molecule has 0 aromatic heterocycles. The zero-order chi connectivity index (χ0) is 11.5. The van der Waals surface area contributed by atoms with Crippen molar-refractivity contribution >= 4 is 0 Å². The third kappa shape index (κ3) is 9.82. The van der Waals surface area contributed by atoms with E-state index in [4.69, 9.17) is 6.42 Å². The fourth-order valence-electron chi connectivity index (χ4n) is 1.63. The van der Waals surface area contributed by atoms with Crippen molar-refractivity contribution in [2.24, 2.45) is 5.92 Å². The zero-order valence-corrected chi connectivity index (χ0v) is 10.7. The molecular formula is C14H27N. The average Bonchev–Trinajstić information content (AvgIpc) is 2.22. The molecule has 1 heteroatoms. The highest BCUT2D eigenvalue weighted by molar-refractivity contribution is 4.97. The summed E-state index contributed by atoms with van der Waals surface area (Å²) in [6.45, 7) is 7.78. The molecule has 0 aromatic carbocycles. The van der Waals surface area contributed by atoms with Gasteiger partial charge < -0.3 is 5.32 Å². The summed E-state index contributed by atoms with van der Waals surface area (Å²) in [5, 5.41) is 3.38. The third-order valence-electron chi connectivity index (χ3n) is 2.71. The van der Waals surface area contributed by atoms with Crippen molar-refractivity contribution in [3.8, 4) is 12.3 Å². The molecule has 1 N–H and O–H groups in total. The molecule has 1 unspecified atom stereocenters. The molecule has 1 atom stereocenters. The van der Waals surface area contributed by atoms with Crippen molar-refractivity contribution in [3.63, 3.8) is 0 Å². The molecule has 0 bridgehead atoms. The van der Waals surface area contributed by atoms with Crippen molar-refractivity contribution in [2.75, 3.05) is 6.54 Å². The van der Waals surface area contributed by atoms with E-state index in [-0.39, 0.29) is 6.04 Å². The Morgan fingerprint density at radius 3 is 2.33 bits per heavy atom. The first kappa shape index (κ1) is 14.5. The molecule has 88 valence electrons. The van der Waals surface area contributed by atoms with E-state index < -0.39 is 0 Å². The van der Waals surface area contributed by atoms with Gasteiger partial charge in [0.1, 0.15) is 0 Å². The first-order valence-corrected chi connectivity index (χ1v) is 6.40. The van der Waals surface area contributed by atoms with E-state index in [0.717, 1.165) is 18.9 Å². The Bertz CT molecular complexity index is 167. The third-order valence-corrected chi connectivity index (χ3v) is 2.71. The standard InChI is InChI=1S/C14H27N/c1-5-14(6-2)15-12-10-8-7-9-11-13(3)4/h1,13-15H,6-12H2,2-4H3. The first-order valence-electron chi connectivity index (χ1n) is 6.40. The van der Waals surface area contributed by atoms with Crippen LogP contribution in [0.15, 0.2) is 0 Å². The van der Waals surface area contributed by atoms with Gasteiger partial charge >= 0.3 is 0 Å². The molecule has 0 rings (SSSR count). The van der Waals surface area contributed by atoms with Gasteiger partial charge in [-0.15, -0.1) is 6.42 Å². The quantitative estimate of drug-likeness (QED) is 0.452. The van der Waals surface area contributed by atoms with Crippen LogP contribution in [-0.2, 0) is 0 Å². The van der Waals surface area contributed by atoms with Gasteiger partial charge in [-0.05, 0) is 25.3 Å². The van der Waals surface area contributed by atoms with Gasteiger partial charge in [-0.3, -0.25) is 0 Å². The van der Waals surface area contributed by atoms with Crippen LogP contribution in [0.3, 0.4) is 0 Å². The van der Waals surface area contributed by atoms with Gasteiger partial charge in [0.25, 0.3) is 0 Å². The minimum atomic E-state index is 0.278. The van der Waals surface area contributed by atoms with Crippen LogP contribution in [-0.4, -0.2) is 12.6 Å². The lowest BCUT2D eigenvalue weighted by Gasteiger charge is -2.10. The summed E-state index contributed by atoms with van der Waals surface area (Å²) in [6, 6.07) is 0.278. The molecule has 1 nitrogen and oxygen atoms in total. The molecule has 0 amide bonds. The summed E-state index contributed by atoms with van der Waals surface area (Å²) in [5.41, 5.74) is 0. The number of unbranched alkanes of at least 4 members (excludes halogenated alkanes) is 3. The van der Waals surface area contributed by atoms with Crippen LogP contribution in [0.25, 0.3) is 0 Å². The van der Waals surface area contributed by atoms with Gasteiger partial charge in [0.05, 0.1) is 6.04 Å². The number of nitrogens with one attached hydrogen (secondary N) is 1. The maximum absolute atomic E-state index is 5.37. The van der Waals surface area contributed by atoms with Gasteiger partial charge in [0.15, 0.2) is 0 Å². The van der Waals surface area contributed by atoms with Crippen molar-refractivity contribution in [3.05, 3.63) is 0 Å². The maximum atomic E-state index is 5.37. The largest absolute Gasteiger partial charge is 0.304 e. The molecule has 0 heterocycles. The summed E-state index contributed by atoms with van der Waals surface area (Å²) in [6.07, 6.45) is 13.1. The second kappa shape index (κ2) is 10.1. The lowest BCUT2D eigenvalue weighted by atomic mass is 10.0. The van der Waals surface area contributed by atoms with Gasteiger partial charge in [-0.1, -0.05) is 52.4 Å². The van der Waals surface area contributed by atoms with E-state index in [1.54, 1.807) is 0 Å². The van der Waals surface area contributed by atoms with E-state index in [2.05, 4.69) is 32.0 Å². The predicted molar refractivity (Wildman–Crippen MR) is 68.8 cm³/mol. The van der Waals surface area contributed by atoms with E-state index >= 15 is 0 Å². The Labute approximate surface area is 96.0 Å². The van der Waals surface area contributed by atoms with Crippen molar-refractivity contribution < 1.29 is 0 Å². The Morgan fingerprint density at radius 1 is 1.13 bits per heavy atom. The Hall–Kier alpha value is -0.480. The lowest BCUT2D eigenvalue weighted by molar-refractivity contribution is 0.503. The summed E-state index contributed by atoms with van der Waals surface area (Å²) in [5.74, 6) is 3.61. The van der Waals surface area contributed by atoms with Crippen LogP contribution in [0.5, 0.6) is 0 Å². The van der Waals surface area contributed by atoms with Gasteiger partial charge in [0, 0.05) is 0 Å². The Morgan fingerprint density at radius 2 is 1.80 bits per heavy atom. The molecule has 0 spiro atoms. The van der Waals surface area contributed by atoms with Crippen molar-refractivity contribution in [1.29, 1.82) is 0 Å². The van der Waals surface area contributed by atoms with Gasteiger partial charge in [-0.2, -0.15) is 0 Å². The van der Waals surface area contributed by atoms with Gasteiger partial charge in [0.2, 0.25) is 0 Å². The Balaban J connectivity index is 3.15. The molecule has 0 radical (unpaired) electrons. The smallest absolute Gasteiger partial charge is 0.0684 e. The average molecular weight is 209 g/mol. The summed E-state index contributed by atoms with van der Waals surface area (Å²) >= 11 is 0. The minimum Gasteiger partial charge on any atom is -0.304 e. The highest BCUT2D eigenvalue weighted by atomic mass is 14.9.